The molecule has 0 bridgehead atoms. The van der Waals surface area contributed by atoms with Crippen molar-refractivity contribution in [2.24, 2.45) is 0 Å². The maximum absolute atomic E-state index is 4.94. The molecule has 0 aromatic heterocycles. The van der Waals surface area contributed by atoms with E-state index in [1.54, 1.807) is 0 Å². The molecular formula is C56H84B4Li4O8. The van der Waals surface area contributed by atoms with Crippen LogP contribution >= 0.6 is 0 Å². The summed E-state index contributed by atoms with van der Waals surface area (Å²) < 4.78 is 39.6. The van der Waals surface area contributed by atoms with Gasteiger partial charge in [-0.05, 0) is 103 Å². The van der Waals surface area contributed by atoms with Crippen molar-refractivity contribution in [2.75, 3.05) is 106 Å². The maximum atomic E-state index is 4.94. The number of benzene rings is 4. The fraction of sp³-hybridized carbons (Fsp3) is 0.571. The van der Waals surface area contributed by atoms with Crippen molar-refractivity contribution in [1.82, 2.24) is 0 Å². The van der Waals surface area contributed by atoms with Gasteiger partial charge in [-0.3, -0.25) is 0 Å². The first-order chi connectivity index (χ1) is 33.9. The molecule has 0 unspecified atom stereocenters. The summed E-state index contributed by atoms with van der Waals surface area (Å²) in [6, 6.07) is 35.0. The minimum atomic E-state index is 0. The van der Waals surface area contributed by atoms with Crippen LogP contribution in [-0.2, 0) is 37.9 Å². The van der Waals surface area contributed by atoms with Crippen LogP contribution in [0, 0.1) is 0 Å². The molecule has 8 nitrogen and oxygen atoms in total. The van der Waals surface area contributed by atoms with Crippen molar-refractivity contribution in [3.05, 3.63) is 97.1 Å². The number of hydrogen-bond acceptors (Lipinski definition) is 8. The molecule has 0 atom stereocenters. The molecule has 372 valence electrons. The summed E-state index contributed by atoms with van der Waals surface area (Å²) in [7, 11) is 4.41. The van der Waals surface area contributed by atoms with E-state index in [0.717, 1.165) is 135 Å². The van der Waals surface area contributed by atoms with Gasteiger partial charge in [-0.2, -0.15) is 0 Å². The molecule has 8 saturated heterocycles. The van der Waals surface area contributed by atoms with Gasteiger partial charge in [0.1, 0.15) is 0 Å². The molecule has 0 amide bonds. The molecule has 0 aliphatic carbocycles. The van der Waals surface area contributed by atoms with Crippen molar-refractivity contribution in [2.45, 2.75) is 103 Å². The summed E-state index contributed by atoms with van der Waals surface area (Å²) in [5.41, 5.74) is 11.9. The van der Waals surface area contributed by atoms with Gasteiger partial charge in [0.25, 0.3) is 0 Å². The van der Waals surface area contributed by atoms with Gasteiger partial charge >= 0.3 is 0 Å². The van der Waals surface area contributed by atoms with Crippen molar-refractivity contribution in [3.63, 3.8) is 0 Å². The molecule has 8 fully saturated rings. The molecule has 4 aromatic carbocycles. The Morgan fingerprint density at radius 1 is 0.181 bits per heavy atom. The van der Waals surface area contributed by atoms with E-state index < -0.39 is 0 Å². The molecule has 10 heterocycles. The van der Waals surface area contributed by atoms with Crippen molar-refractivity contribution in [3.8, 4) is 0 Å². The van der Waals surface area contributed by atoms with Crippen molar-refractivity contribution >= 4 is 148 Å². The Balaban J connectivity index is 0.000000414. The first kappa shape index (κ1) is 69.2. The van der Waals surface area contributed by atoms with Gasteiger partial charge in [-0.15, -0.1) is 0 Å². The second kappa shape index (κ2) is 48.6. The molecule has 4 aromatic rings. The topological polar surface area (TPSA) is 73.8 Å². The van der Waals surface area contributed by atoms with Gasteiger partial charge in [0.2, 0.25) is 0 Å². The smallest absolute Gasteiger partial charge is 0.190 e. The third-order valence-electron chi connectivity index (χ3n) is 12.6. The average molecular weight is 956 g/mol. The van der Waals surface area contributed by atoms with Gasteiger partial charge in [-0.1, -0.05) is 141 Å². The standard InChI is InChI=1S/2C12H10B2.8C4H8O.4Li/c2*1-2-6-10-9(5-1)13-11-7-3-4-8-12(11)14-10;8*1-2-4-5-3-1;;;;/h2*1-8,13-14H;8*1-4H2;;;;. The Morgan fingerprint density at radius 2 is 0.278 bits per heavy atom. The van der Waals surface area contributed by atoms with Crippen LogP contribution in [0.25, 0.3) is 0 Å². The molecule has 14 rings (SSSR count). The summed E-state index contributed by atoms with van der Waals surface area (Å²) in [5, 5.41) is 0. The number of fused-ring (bicyclic) bond motifs is 4. The van der Waals surface area contributed by atoms with E-state index in [1.165, 1.54) is 146 Å². The average Bonchev–Trinajstić information content (AvgIpc) is 4.28. The molecule has 72 heavy (non-hydrogen) atoms. The first-order valence-electron chi connectivity index (χ1n) is 26.8. The van der Waals surface area contributed by atoms with Crippen LogP contribution in [0.5, 0.6) is 0 Å². The third kappa shape index (κ3) is 32.7. The Hall–Kier alpha value is -0.791. The number of hydrogen-bond donors (Lipinski definition) is 0. The van der Waals surface area contributed by atoms with E-state index in [9.17, 15) is 0 Å². The number of rotatable bonds is 0. The largest absolute Gasteiger partial charge is 0.381 e. The third-order valence-corrected chi connectivity index (χ3v) is 12.6. The Bertz CT molecular complexity index is 1380. The predicted octanol–water partition coefficient (Wildman–Crippen LogP) is 2.40. The number of ether oxygens (including phenoxy) is 8. The molecule has 0 N–H and O–H groups in total. The van der Waals surface area contributed by atoms with E-state index in [1.807, 2.05) is 0 Å². The fourth-order valence-electron chi connectivity index (χ4n) is 8.51. The normalized spacial score (nSPS) is 18.0. The molecule has 0 saturated carbocycles. The molecular weight excluding hydrogens is 872 g/mol. The first-order valence-corrected chi connectivity index (χ1v) is 26.8. The summed E-state index contributed by atoms with van der Waals surface area (Å²) in [5.74, 6) is 0. The van der Waals surface area contributed by atoms with E-state index in [4.69, 9.17) is 37.9 Å². The van der Waals surface area contributed by atoms with E-state index in [-0.39, 0.29) is 75.4 Å². The quantitative estimate of drug-likeness (QED) is 0.216. The zero-order valence-electron chi connectivity index (χ0n) is 46.0. The Kier molecular flexibility index (Phi) is 46.7. The van der Waals surface area contributed by atoms with Crippen LogP contribution < -0.4 is 43.7 Å². The monoisotopic (exact) mass is 957 g/mol. The van der Waals surface area contributed by atoms with Gasteiger partial charge in [0, 0.05) is 181 Å². The summed E-state index contributed by atoms with van der Waals surface area (Å²) in [6.45, 7) is 16.0. The minimum absolute atomic E-state index is 0. The molecule has 10 aliphatic heterocycles. The summed E-state index contributed by atoms with van der Waals surface area (Å²) in [6.07, 6.45) is 20.4. The van der Waals surface area contributed by atoms with Crippen molar-refractivity contribution < 1.29 is 37.9 Å². The molecule has 0 spiro atoms. The van der Waals surface area contributed by atoms with Crippen molar-refractivity contribution in [1.29, 1.82) is 0 Å². The fourth-order valence-corrected chi connectivity index (χ4v) is 8.51. The zero-order chi connectivity index (χ0) is 47.0. The second-order valence-electron chi connectivity index (χ2n) is 18.3. The van der Waals surface area contributed by atoms with Crippen LogP contribution in [0.15, 0.2) is 97.1 Å². The van der Waals surface area contributed by atoms with Crippen LogP contribution in [0.1, 0.15) is 103 Å². The van der Waals surface area contributed by atoms with E-state index in [2.05, 4.69) is 97.1 Å². The van der Waals surface area contributed by atoms with Crippen LogP contribution in [0.4, 0.5) is 0 Å². The Morgan fingerprint density at radius 3 is 0.347 bits per heavy atom. The second-order valence-corrected chi connectivity index (χ2v) is 18.3. The maximum Gasteiger partial charge on any atom is 0.190 e. The zero-order valence-corrected chi connectivity index (χ0v) is 46.0. The van der Waals surface area contributed by atoms with Crippen LogP contribution in [0.2, 0.25) is 0 Å². The predicted molar refractivity (Wildman–Crippen MR) is 315 cm³/mol. The molecule has 10 aliphatic rings. The summed E-state index contributed by atoms with van der Waals surface area (Å²) >= 11 is 0. The van der Waals surface area contributed by atoms with Gasteiger partial charge < -0.3 is 37.9 Å². The molecule has 4 radical (unpaired) electrons. The van der Waals surface area contributed by atoms with Gasteiger partial charge in [-0.25, -0.2) is 0 Å². The van der Waals surface area contributed by atoms with Gasteiger partial charge in [0.05, 0.1) is 0 Å². The van der Waals surface area contributed by atoms with E-state index in [0.29, 0.717) is 0 Å². The minimum Gasteiger partial charge on any atom is -0.381 e. The van der Waals surface area contributed by atoms with E-state index >= 15 is 0 Å². The Labute approximate surface area is 487 Å². The summed E-state index contributed by atoms with van der Waals surface area (Å²) in [4.78, 5) is 0. The van der Waals surface area contributed by atoms with Gasteiger partial charge in [0.15, 0.2) is 29.1 Å². The van der Waals surface area contributed by atoms with Crippen LogP contribution in [-0.4, -0.2) is 210 Å². The SMILES string of the molecule is B1c2ccccc2Bc2ccccc21.B1c2ccccc2Bc2ccccc21.C1CCOC1.C1CCOC1.C1CCOC1.C1CCOC1.C1CCOC1.C1CCOC1.C1CCOC1.C1CCOC1.[Li].[Li].[Li].[Li]. The van der Waals surface area contributed by atoms with Crippen LogP contribution in [0.3, 0.4) is 0 Å². The molecule has 16 heteroatoms.